The molecular formula is C13H15BrN2O6. The van der Waals surface area contributed by atoms with Crippen LogP contribution in [0.15, 0.2) is 22.7 Å². The number of ether oxygens (including phenoxy) is 1. The summed E-state index contributed by atoms with van der Waals surface area (Å²) in [6.07, 6.45) is 0.0638. The predicted octanol–water partition coefficient (Wildman–Crippen LogP) is 1.51. The molecule has 8 nitrogen and oxygen atoms in total. The van der Waals surface area contributed by atoms with Crippen LogP contribution in [0.1, 0.15) is 12.0 Å². The maximum Gasteiger partial charge on any atom is 0.326 e. The molecule has 1 aromatic rings. The molecule has 2 N–H and O–H groups in total. The van der Waals surface area contributed by atoms with Crippen LogP contribution >= 0.6 is 15.9 Å². The third-order valence-electron chi connectivity index (χ3n) is 2.84. The molecule has 0 spiro atoms. The highest BCUT2D eigenvalue weighted by Crippen LogP contribution is 2.23. The summed E-state index contributed by atoms with van der Waals surface area (Å²) in [7, 11) is 1.44. The average Bonchev–Trinajstić information content (AvgIpc) is 2.45. The molecule has 1 aromatic carbocycles. The number of hydrogen-bond donors (Lipinski definition) is 2. The van der Waals surface area contributed by atoms with E-state index >= 15 is 0 Å². The number of carboxylic acids is 1. The molecule has 0 aliphatic heterocycles. The minimum Gasteiger partial charge on any atom is -0.480 e. The number of hydrogen-bond acceptors (Lipinski definition) is 5. The van der Waals surface area contributed by atoms with Gasteiger partial charge < -0.3 is 15.2 Å². The van der Waals surface area contributed by atoms with Crippen molar-refractivity contribution in [2.24, 2.45) is 0 Å². The smallest absolute Gasteiger partial charge is 0.326 e. The number of methoxy groups -OCH3 is 1. The predicted molar refractivity (Wildman–Crippen MR) is 80.6 cm³/mol. The zero-order valence-corrected chi connectivity index (χ0v) is 13.3. The van der Waals surface area contributed by atoms with Crippen molar-refractivity contribution in [2.45, 2.75) is 18.9 Å². The molecule has 1 amide bonds. The first-order chi connectivity index (χ1) is 10.3. The minimum atomic E-state index is -1.15. The van der Waals surface area contributed by atoms with Gasteiger partial charge in [0.2, 0.25) is 5.91 Å². The number of amides is 1. The number of nitrogens with one attached hydrogen (secondary N) is 1. The lowest BCUT2D eigenvalue weighted by atomic mass is 10.1. The van der Waals surface area contributed by atoms with Crippen LogP contribution in [0.5, 0.6) is 0 Å². The molecule has 0 bridgehead atoms. The summed E-state index contributed by atoms with van der Waals surface area (Å²) in [5.41, 5.74) is 0.429. The fourth-order valence-corrected chi connectivity index (χ4v) is 2.21. The van der Waals surface area contributed by atoms with E-state index in [0.29, 0.717) is 10.0 Å². The Hall–Kier alpha value is -2.00. The van der Waals surface area contributed by atoms with E-state index in [2.05, 4.69) is 21.2 Å². The maximum atomic E-state index is 11.9. The van der Waals surface area contributed by atoms with Crippen LogP contribution in [-0.2, 0) is 20.7 Å². The van der Waals surface area contributed by atoms with Crippen molar-refractivity contribution < 1.29 is 24.4 Å². The van der Waals surface area contributed by atoms with Gasteiger partial charge in [-0.15, -0.1) is 0 Å². The van der Waals surface area contributed by atoms with Gasteiger partial charge in [0.1, 0.15) is 6.04 Å². The second-order valence-corrected chi connectivity index (χ2v) is 5.30. The van der Waals surface area contributed by atoms with Crippen LogP contribution in [-0.4, -0.2) is 41.7 Å². The van der Waals surface area contributed by atoms with Gasteiger partial charge in [0.15, 0.2) is 0 Å². The second-order valence-electron chi connectivity index (χ2n) is 4.45. The largest absolute Gasteiger partial charge is 0.480 e. The number of benzene rings is 1. The summed E-state index contributed by atoms with van der Waals surface area (Å²) in [5.74, 6) is -1.63. The number of carbonyl (C=O) groups is 2. The lowest BCUT2D eigenvalue weighted by molar-refractivity contribution is -0.384. The Morgan fingerprint density at radius 1 is 1.50 bits per heavy atom. The van der Waals surface area contributed by atoms with Crippen molar-refractivity contribution in [1.29, 1.82) is 0 Å². The number of carboxylic acid groups (broad SMARTS) is 1. The highest BCUT2D eigenvalue weighted by Gasteiger charge is 2.20. The first-order valence-corrected chi connectivity index (χ1v) is 7.08. The highest BCUT2D eigenvalue weighted by atomic mass is 79.9. The lowest BCUT2D eigenvalue weighted by Gasteiger charge is -2.14. The van der Waals surface area contributed by atoms with Gasteiger partial charge in [-0.25, -0.2) is 4.79 Å². The highest BCUT2D eigenvalue weighted by molar-refractivity contribution is 9.10. The molecule has 1 rings (SSSR count). The summed E-state index contributed by atoms with van der Waals surface area (Å²) in [6.45, 7) is 0.207. The molecule has 9 heteroatoms. The number of carbonyl (C=O) groups excluding carboxylic acids is 1. The standard InChI is InChI=1S/C13H15BrN2O6/c1-22-5-4-11(13(18)19)15-12(17)6-8-2-3-9(16(20)21)7-10(8)14/h2-3,7,11H,4-6H2,1H3,(H,15,17)(H,18,19). The zero-order chi connectivity index (χ0) is 16.7. The van der Waals surface area contributed by atoms with Crippen LogP contribution in [0.4, 0.5) is 5.69 Å². The number of halogens is 1. The molecule has 0 aliphatic rings. The monoisotopic (exact) mass is 374 g/mol. The molecule has 0 saturated carbocycles. The van der Waals surface area contributed by atoms with Gasteiger partial charge in [0, 0.05) is 36.7 Å². The average molecular weight is 375 g/mol. The Bertz CT molecular complexity index is 578. The topological polar surface area (TPSA) is 119 Å². The Kier molecular flexibility index (Phi) is 6.93. The van der Waals surface area contributed by atoms with Crippen molar-refractivity contribution in [1.82, 2.24) is 5.32 Å². The molecule has 0 heterocycles. The van der Waals surface area contributed by atoms with Gasteiger partial charge in [0.05, 0.1) is 11.3 Å². The molecule has 0 saturated heterocycles. The Labute approximate surface area is 134 Å². The van der Waals surface area contributed by atoms with Crippen molar-refractivity contribution in [3.05, 3.63) is 38.3 Å². The lowest BCUT2D eigenvalue weighted by Crippen LogP contribution is -2.42. The Morgan fingerprint density at radius 3 is 2.68 bits per heavy atom. The van der Waals surface area contributed by atoms with E-state index < -0.39 is 22.8 Å². The zero-order valence-electron chi connectivity index (χ0n) is 11.7. The van der Waals surface area contributed by atoms with Gasteiger partial charge in [-0.1, -0.05) is 22.0 Å². The normalized spacial score (nSPS) is 11.7. The first kappa shape index (κ1) is 18.1. The second kappa shape index (κ2) is 8.44. The van der Waals surface area contributed by atoms with Crippen LogP contribution in [0.3, 0.4) is 0 Å². The molecule has 120 valence electrons. The molecule has 1 atom stereocenters. The summed E-state index contributed by atoms with van der Waals surface area (Å²) in [4.78, 5) is 33.0. The number of nitrogens with zero attached hydrogens (tertiary/aromatic N) is 1. The SMILES string of the molecule is COCCC(NC(=O)Cc1ccc([N+](=O)[O-])cc1Br)C(=O)O. The third-order valence-corrected chi connectivity index (χ3v) is 3.58. The van der Waals surface area contributed by atoms with Gasteiger partial charge in [-0.3, -0.25) is 14.9 Å². The summed E-state index contributed by atoms with van der Waals surface area (Å²) in [5, 5.41) is 22.0. The van der Waals surface area contributed by atoms with Crippen molar-refractivity contribution >= 4 is 33.5 Å². The number of rotatable bonds is 8. The number of aliphatic carboxylic acids is 1. The number of non-ortho nitro benzene ring substituents is 1. The maximum absolute atomic E-state index is 11.9. The fraction of sp³-hybridized carbons (Fsp3) is 0.385. The quantitative estimate of drug-likeness (QED) is 0.525. The Morgan fingerprint density at radius 2 is 2.18 bits per heavy atom. The third kappa shape index (κ3) is 5.41. The van der Waals surface area contributed by atoms with E-state index in [1.807, 2.05) is 0 Å². The molecule has 22 heavy (non-hydrogen) atoms. The molecule has 0 aromatic heterocycles. The molecular weight excluding hydrogens is 360 g/mol. The summed E-state index contributed by atoms with van der Waals surface area (Å²) < 4.78 is 5.21. The van der Waals surface area contributed by atoms with E-state index in [9.17, 15) is 19.7 Å². The molecule has 0 aliphatic carbocycles. The minimum absolute atomic E-state index is 0.0880. The fourth-order valence-electron chi connectivity index (χ4n) is 1.70. The summed E-state index contributed by atoms with van der Waals surface area (Å²) >= 11 is 3.16. The van der Waals surface area contributed by atoms with E-state index in [0.717, 1.165) is 0 Å². The first-order valence-electron chi connectivity index (χ1n) is 6.29. The van der Waals surface area contributed by atoms with E-state index in [1.165, 1.54) is 25.3 Å². The van der Waals surface area contributed by atoms with Gasteiger partial charge in [0.25, 0.3) is 5.69 Å². The summed E-state index contributed by atoms with van der Waals surface area (Å²) in [6, 6.07) is 2.99. The van der Waals surface area contributed by atoms with E-state index in [1.54, 1.807) is 0 Å². The number of nitro groups is 1. The van der Waals surface area contributed by atoms with Crippen molar-refractivity contribution in [3.63, 3.8) is 0 Å². The molecule has 1 unspecified atom stereocenters. The van der Waals surface area contributed by atoms with Gasteiger partial charge in [-0.05, 0) is 5.56 Å². The molecule has 0 fully saturated rings. The Balaban J connectivity index is 2.71. The van der Waals surface area contributed by atoms with Crippen LogP contribution < -0.4 is 5.32 Å². The number of nitro benzene ring substituents is 1. The van der Waals surface area contributed by atoms with Crippen molar-refractivity contribution in [2.75, 3.05) is 13.7 Å². The van der Waals surface area contributed by atoms with Crippen molar-refractivity contribution in [3.8, 4) is 0 Å². The molecule has 0 radical (unpaired) electrons. The van der Waals surface area contributed by atoms with Gasteiger partial charge >= 0.3 is 5.97 Å². The van der Waals surface area contributed by atoms with E-state index in [-0.39, 0.29) is 25.1 Å². The van der Waals surface area contributed by atoms with Crippen LogP contribution in [0.2, 0.25) is 0 Å². The van der Waals surface area contributed by atoms with Gasteiger partial charge in [-0.2, -0.15) is 0 Å². The van der Waals surface area contributed by atoms with E-state index in [4.69, 9.17) is 9.84 Å². The van der Waals surface area contributed by atoms with Crippen LogP contribution in [0.25, 0.3) is 0 Å². The van der Waals surface area contributed by atoms with Crippen LogP contribution in [0, 0.1) is 10.1 Å².